The Labute approximate surface area is 135 Å². The van der Waals surface area contributed by atoms with Gasteiger partial charge in [0.05, 0.1) is 12.1 Å². The zero-order chi connectivity index (χ0) is 15.8. The normalized spacial score (nSPS) is 24.7. The maximum absolute atomic E-state index is 12.5. The Morgan fingerprint density at radius 2 is 2.04 bits per heavy atom. The van der Waals surface area contributed by atoms with E-state index >= 15 is 0 Å². The summed E-state index contributed by atoms with van der Waals surface area (Å²) in [5.41, 5.74) is 1.63. The van der Waals surface area contributed by atoms with Crippen molar-refractivity contribution < 1.29 is 9.32 Å². The summed E-state index contributed by atoms with van der Waals surface area (Å²) in [7, 11) is 2.10. The molecule has 23 heavy (non-hydrogen) atoms. The average molecular weight is 311 g/mol. The number of carbonyl (C=O) groups is 1. The molecular weight excluding hydrogens is 290 g/mol. The minimum Gasteiger partial charge on any atom is -0.360 e. The molecule has 2 heterocycles. The van der Waals surface area contributed by atoms with Gasteiger partial charge in [-0.15, -0.1) is 0 Å². The van der Waals surface area contributed by atoms with Gasteiger partial charge in [-0.3, -0.25) is 9.69 Å². The maximum Gasteiger partial charge on any atom is 0.273 e. The Balaban J connectivity index is 1.49. The van der Waals surface area contributed by atoms with Gasteiger partial charge in [-0.2, -0.15) is 0 Å². The number of carbonyl (C=O) groups excluding carboxylic acids is 1. The second-order valence-electron chi connectivity index (χ2n) is 6.59. The van der Waals surface area contributed by atoms with Crippen molar-refractivity contribution in [2.75, 3.05) is 13.6 Å². The third-order valence-electron chi connectivity index (χ3n) is 4.85. The number of rotatable bonds is 4. The maximum atomic E-state index is 12.5. The number of hydrogen-bond acceptors (Lipinski definition) is 4. The standard InChI is InChI=1S/C18H21N3O2/c1-21-10-9-14(17(21)13-5-3-2-4-6-13)19-18(22)15-11-16(23-20-15)12-7-8-12/h2-6,11-12,14,17H,7-10H2,1H3,(H,19,22)/t14-,17+/m1/s1. The highest BCUT2D eigenvalue weighted by Gasteiger charge is 2.35. The fourth-order valence-corrected chi connectivity index (χ4v) is 3.43. The van der Waals surface area contributed by atoms with Crippen molar-refractivity contribution in [2.24, 2.45) is 0 Å². The van der Waals surface area contributed by atoms with E-state index in [2.05, 4.69) is 34.6 Å². The second-order valence-corrected chi connectivity index (χ2v) is 6.59. The third kappa shape index (κ3) is 2.88. The first kappa shape index (κ1) is 14.5. The van der Waals surface area contributed by atoms with E-state index in [1.165, 1.54) is 5.56 Å². The summed E-state index contributed by atoms with van der Waals surface area (Å²) in [6.45, 7) is 0.969. The third-order valence-corrected chi connectivity index (χ3v) is 4.85. The topological polar surface area (TPSA) is 58.4 Å². The van der Waals surface area contributed by atoms with E-state index < -0.39 is 0 Å². The van der Waals surface area contributed by atoms with Crippen LogP contribution in [0.3, 0.4) is 0 Å². The van der Waals surface area contributed by atoms with Crippen LogP contribution in [0.15, 0.2) is 40.9 Å². The van der Waals surface area contributed by atoms with Gasteiger partial charge in [0.25, 0.3) is 5.91 Å². The van der Waals surface area contributed by atoms with Crippen molar-refractivity contribution in [1.29, 1.82) is 0 Å². The van der Waals surface area contributed by atoms with Crippen LogP contribution in [-0.4, -0.2) is 35.6 Å². The van der Waals surface area contributed by atoms with Crippen LogP contribution >= 0.6 is 0 Å². The first-order chi connectivity index (χ1) is 11.2. The number of benzene rings is 1. The van der Waals surface area contributed by atoms with Crippen LogP contribution in [0.25, 0.3) is 0 Å². The van der Waals surface area contributed by atoms with Crippen LogP contribution < -0.4 is 5.32 Å². The van der Waals surface area contributed by atoms with Crippen molar-refractivity contribution in [3.63, 3.8) is 0 Å². The number of nitrogens with one attached hydrogen (secondary N) is 1. The lowest BCUT2D eigenvalue weighted by molar-refractivity contribution is 0.0918. The molecular formula is C18H21N3O2. The van der Waals surface area contributed by atoms with Gasteiger partial charge in [0.2, 0.25) is 0 Å². The Kier molecular flexibility index (Phi) is 3.65. The molecule has 1 aliphatic heterocycles. The molecule has 2 aliphatic rings. The quantitative estimate of drug-likeness (QED) is 0.943. The summed E-state index contributed by atoms with van der Waals surface area (Å²) < 4.78 is 5.29. The summed E-state index contributed by atoms with van der Waals surface area (Å²) in [5, 5.41) is 7.08. The Hall–Kier alpha value is -2.14. The van der Waals surface area contributed by atoms with Gasteiger partial charge in [-0.05, 0) is 31.9 Å². The van der Waals surface area contributed by atoms with Crippen LogP contribution in [0, 0.1) is 0 Å². The number of nitrogens with zero attached hydrogens (tertiary/aromatic N) is 2. The second kappa shape index (κ2) is 5.81. The Morgan fingerprint density at radius 3 is 2.78 bits per heavy atom. The predicted molar refractivity (Wildman–Crippen MR) is 86.2 cm³/mol. The molecule has 5 heteroatoms. The van der Waals surface area contributed by atoms with E-state index in [1.807, 2.05) is 18.2 Å². The molecule has 120 valence electrons. The van der Waals surface area contributed by atoms with E-state index in [0.717, 1.165) is 31.6 Å². The molecule has 1 saturated heterocycles. The average Bonchev–Trinajstić information content (AvgIpc) is 3.18. The van der Waals surface area contributed by atoms with Crippen LogP contribution in [0.1, 0.15) is 53.0 Å². The molecule has 1 aromatic heterocycles. The van der Waals surface area contributed by atoms with E-state index in [4.69, 9.17) is 4.52 Å². The van der Waals surface area contributed by atoms with Crippen LogP contribution in [0.5, 0.6) is 0 Å². The van der Waals surface area contributed by atoms with Crippen LogP contribution in [0.2, 0.25) is 0 Å². The number of aromatic nitrogens is 1. The highest BCUT2D eigenvalue weighted by molar-refractivity contribution is 5.92. The zero-order valence-electron chi connectivity index (χ0n) is 13.2. The molecule has 2 fully saturated rings. The van der Waals surface area contributed by atoms with E-state index in [-0.39, 0.29) is 18.0 Å². The summed E-state index contributed by atoms with van der Waals surface area (Å²) in [6.07, 6.45) is 3.22. The minimum absolute atomic E-state index is 0.0935. The van der Waals surface area contributed by atoms with Gasteiger partial charge in [0, 0.05) is 18.5 Å². The van der Waals surface area contributed by atoms with Crippen molar-refractivity contribution in [1.82, 2.24) is 15.4 Å². The van der Waals surface area contributed by atoms with Crippen LogP contribution in [0.4, 0.5) is 0 Å². The number of amides is 1. The molecule has 0 unspecified atom stereocenters. The van der Waals surface area contributed by atoms with Gasteiger partial charge >= 0.3 is 0 Å². The molecule has 0 spiro atoms. The first-order valence-corrected chi connectivity index (χ1v) is 8.25. The monoisotopic (exact) mass is 311 g/mol. The van der Waals surface area contributed by atoms with E-state index in [0.29, 0.717) is 11.6 Å². The van der Waals surface area contributed by atoms with Crippen molar-refractivity contribution in [3.05, 3.63) is 53.4 Å². The highest BCUT2D eigenvalue weighted by Crippen LogP contribution is 2.40. The molecule has 1 amide bonds. The van der Waals surface area contributed by atoms with Crippen LogP contribution in [-0.2, 0) is 0 Å². The fourth-order valence-electron chi connectivity index (χ4n) is 3.43. The predicted octanol–water partition coefficient (Wildman–Crippen LogP) is 2.73. The molecule has 1 N–H and O–H groups in total. The van der Waals surface area contributed by atoms with Gasteiger partial charge in [-0.25, -0.2) is 0 Å². The van der Waals surface area contributed by atoms with Crippen molar-refractivity contribution in [2.45, 2.75) is 37.3 Å². The largest absolute Gasteiger partial charge is 0.360 e. The van der Waals surface area contributed by atoms with Gasteiger partial charge < -0.3 is 9.84 Å². The Morgan fingerprint density at radius 1 is 1.26 bits per heavy atom. The zero-order valence-corrected chi connectivity index (χ0v) is 13.2. The van der Waals surface area contributed by atoms with E-state index in [9.17, 15) is 4.79 Å². The minimum atomic E-state index is -0.137. The summed E-state index contributed by atoms with van der Waals surface area (Å²) in [6, 6.07) is 12.4. The lowest BCUT2D eigenvalue weighted by Crippen LogP contribution is -2.39. The molecule has 1 aromatic carbocycles. The lowest BCUT2D eigenvalue weighted by Gasteiger charge is -2.25. The molecule has 0 radical (unpaired) electrons. The number of likely N-dealkylation sites (N-methyl/N-ethyl adjacent to an activating group) is 1. The fraction of sp³-hybridized carbons (Fsp3) is 0.444. The van der Waals surface area contributed by atoms with Gasteiger partial charge in [0.15, 0.2) is 5.69 Å². The summed E-state index contributed by atoms with van der Waals surface area (Å²) in [5.74, 6) is 1.18. The van der Waals surface area contributed by atoms with Crippen molar-refractivity contribution >= 4 is 5.91 Å². The smallest absolute Gasteiger partial charge is 0.273 e. The highest BCUT2D eigenvalue weighted by atomic mass is 16.5. The molecule has 5 nitrogen and oxygen atoms in total. The van der Waals surface area contributed by atoms with Gasteiger partial charge in [-0.1, -0.05) is 35.5 Å². The number of hydrogen-bond donors (Lipinski definition) is 1. The number of likely N-dealkylation sites (tertiary alicyclic amines) is 1. The molecule has 4 rings (SSSR count). The lowest BCUT2D eigenvalue weighted by atomic mass is 10.00. The molecule has 0 bridgehead atoms. The van der Waals surface area contributed by atoms with Crippen molar-refractivity contribution in [3.8, 4) is 0 Å². The summed E-state index contributed by atoms with van der Waals surface area (Å²) in [4.78, 5) is 14.8. The SMILES string of the molecule is CN1CC[C@@H](NC(=O)c2cc(C3CC3)on2)[C@@H]1c1ccccc1. The van der Waals surface area contributed by atoms with E-state index in [1.54, 1.807) is 6.07 Å². The Bertz CT molecular complexity index is 693. The summed E-state index contributed by atoms with van der Waals surface area (Å²) >= 11 is 0. The molecule has 2 atom stereocenters. The van der Waals surface area contributed by atoms with Gasteiger partial charge in [0.1, 0.15) is 5.76 Å². The molecule has 1 saturated carbocycles. The first-order valence-electron chi connectivity index (χ1n) is 8.25. The molecule has 1 aliphatic carbocycles. The molecule has 2 aromatic rings.